The quantitative estimate of drug-likeness (QED) is 0.786. The fourth-order valence-corrected chi connectivity index (χ4v) is 2.17. The van der Waals surface area contributed by atoms with Crippen molar-refractivity contribution < 1.29 is 0 Å². The summed E-state index contributed by atoms with van der Waals surface area (Å²) in [4.78, 5) is 0. The molecule has 68 valence electrons. The van der Waals surface area contributed by atoms with E-state index in [4.69, 9.17) is 0 Å². The van der Waals surface area contributed by atoms with Crippen LogP contribution in [0.15, 0.2) is 29.6 Å². The van der Waals surface area contributed by atoms with Crippen molar-refractivity contribution in [3.63, 3.8) is 0 Å². The SMILES string of the molecule is CCNCc1ccc2sccc2c1. The minimum Gasteiger partial charge on any atom is -0.313 e. The van der Waals surface area contributed by atoms with E-state index in [0.29, 0.717) is 0 Å². The Morgan fingerprint density at radius 2 is 2.23 bits per heavy atom. The molecule has 1 nitrogen and oxygen atoms in total. The van der Waals surface area contributed by atoms with E-state index in [0.717, 1.165) is 13.1 Å². The number of rotatable bonds is 3. The van der Waals surface area contributed by atoms with Crippen molar-refractivity contribution in [1.29, 1.82) is 0 Å². The van der Waals surface area contributed by atoms with Crippen LogP contribution in [0.3, 0.4) is 0 Å². The van der Waals surface area contributed by atoms with Gasteiger partial charge in [0.25, 0.3) is 0 Å². The van der Waals surface area contributed by atoms with Gasteiger partial charge >= 0.3 is 0 Å². The van der Waals surface area contributed by atoms with Gasteiger partial charge in [0.2, 0.25) is 0 Å². The van der Waals surface area contributed by atoms with Crippen molar-refractivity contribution in [2.45, 2.75) is 13.5 Å². The Morgan fingerprint density at radius 3 is 3.08 bits per heavy atom. The molecule has 0 saturated heterocycles. The molecule has 0 aliphatic rings. The van der Waals surface area contributed by atoms with Crippen LogP contribution in [-0.2, 0) is 6.54 Å². The monoisotopic (exact) mass is 191 g/mol. The molecular formula is C11H13NS. The Balaban J connectivity index is 2.26. The van der Waals surface area contributed by atoms with Gasteiger partial charge in [-0.25, -0.2) is 0 Å². The largest absolute Gasteiger partial charge is 0.313 e. The maximum atomic E-state index is 3.32. The summed E-state index contributed by atoms with van der Waals surface area (Å²) in [6.07, 6.45) is 0. The van der Waals surface area contributed by atoms with Crippen LogP contribution in [0, 0.1) is 0 Å². The average Bonchev–Trinajstić information content (AvgIpc) is 2.61. The molecule has 0 radical (unpaired) electrons. The zero-order valence-corrected chi connectivity index (χ0v) is 8.53. The molecule has 0 unspecified atom stereocenters. The van der Waals surface area contributed by atoms with Crippen LogP contribution in [0.1, 0.15) is 12.5 Å². The van der Waals surface area contributed by atoms with Crippen LogP contribution in [0.2, 0.25) is 0 Å². The van der Waals surface area contributed by atoms with Crippen molar-refractivity contribution in [2.75, 3.05) is 6.54 Å². The van der Waals surface area contributed by atoms with E-state index in [2.05, 4.69) is 41.9 Å². The number of thiophene rings is 1. The van der Waals surface area contributed by atoms with Crippen LogP contribution in [-0.4, -0.2) is 6.54 Å². The first kappa shape index (κ1) is 8.73. The van der Waals surface area contributed by atoms with Gasteiger partial charge in [-0.05, 0) is 41.1 Å². The first-order valence-electron chi connectivity index (χ1n) is 4.57. The summed E-state index contributed by atoms with van der Waals surface area (Å²) in [5.41, 5.74) is 1.37. The molecule has 0 spiro atoms. The first-order chi connectivity index (χ1) is 6.40. The van der Waals surface area contributed by atoms with Gasteiger partial charge in [-0.1, -0.05) is 13.0 Å². The van der Waals surface area contributed by atoms with Crippen molar-refractivity contribution in [2.24, 2.45) is 0 Å². The fraction of sp³-hybridized carbons (Fsp3) is 0.273. The van der Waals surface area contributed by atoms with E-state index in [1.165, 1.54) is 15.6 Å². The van der Waals surface area contributed by atoms with Crippen molar-refractivity contribution in [3.05, 3.63) is 35.2 Å². The lowest BCUT2D eigenvalue weighted by atomic mass is 10.2. The Hall–Kier alpha value is -0.860. The molecule has 0 aliphatic carbocycles. The molecule has 2 rings (SSSR count). The van der Waals surface area contributed by atoms with Gasteiger partial charge in [0, 0.05) is 11.2 Å². The lowest BCUT2D eigenvalue weighted by Gasteiger charge is -2.01. The summed E-state index contributed by atoms with van der Waals surface area (Å²) in [5, 5.41) is 6.83. The molecule has 0 atom stereocenters. The summed E-state index contributed by atoms with van der Waals surface area (Å²) in [6.45, 7) is 4.13. The minimum atomic E-state index is 0.974. The number of fused-ring (bicyclic) bond motifs is 1. The Bertz CT molecular complexity index is 392. The third-order valence-corrected chi connectivity index (χ3v) is 2.99. The summed E-state index contributed by atoms with van der Waals surface area (Å²) in [6, 6.07) is 8.83. The van der Waals surface area contributed by atoms with Crippen LogP contribution < -0.4 is 5.32 Å². The normalized spacial score (nSPS) is 10.8. The average molecular weight is 191 g/mol. The van der Waals surface area contributed by atoms with Crippen LogP contribution in [0.4, 0.5) is 0 Å². The summed E-state index contributed by atoms with van der Waals surface area (Å²) in [7, 11) is 0. The van der Waals surface area contributed by atoms with Gasteiger partial charge in [0.1, 0.15) is 0 Å². The molecule has 1 heterocycles. The zero-order valence-electron chi connectivity index (χ0n) is 7.71. The van der Waals surface area contributed by atoms with E-state index in [9.17, 15) is 0 Å². The summed E-state index contributed by atoms with van der Waals surface area (Å²) in [5.74, 6) is 0. The van der Waals surface area contributed by atoms with Gasteiger partial charge in [0.05, 0.1) is 0 Å². The predicted molar refractivity (Wildman–Crippen MR) is 59.2 cm³/mol. The first-order valence-corrected chi connectivity index (χ1v) is 5.45. The Morgan fingerprint density at radius 1 is 1.31 bits per heavy atom. The molecule has 1 aromatic heterocycles. The van der Waals surface area contributed by atoms with Gasteiger partial charge in [0.15, 0.2) is 0 Å². The summed E-state index contributed by atoms with van der Waals surface area (Å²) < 4.78 is 1.38. The highest BCUT2D eigenvalue weighted by Gasteiger charge is 1.96. The second-order valence-corrected chi connectivity index (χ2v) is 4.02. The molecule has 0 saturated carbocycles. The highest BCUT2D eigenvalue weighted by atomic mass is 32.1. The van der Waals surface area contributed by atoms with Crippen molar-refractivity contribution >= 4 is 21.4 Å². The minimum absolute atomic E-state index is 0.974. The maximum Gasteiger partial charge on any atom is 0.0342 e. The number of nitrogens with one attached hydrogen (secondary N) is 1. The number of benzene rings is 1. The second-order valence-electron chi connectivity index (χ2n) is 3.07. The van der Waals surface area contributed by atoms with E-state index in [1.807, 2.05) is 0 Å². The standard InChI is InChI=1S/C11H13NS/c1-2-12-8-9-3-4-11-10(7-9)5-6-13-11/h3-7,12H,2,8H2,1H3. The third kappa shape index (κ3) is 1.90. The van der Waals surface area contributed by atoms with Crippen molar-refractivity contribution in [1.82, 2.24) is 5.32 Å². The molecule has 1 aromatic carbocycles. The third-order valence-electron chi connectivity index (χ3n) is 2.10. The maximum absolute atomic E-state index is 3.32. The summed E-state index contributed by atoms with van der Waals surface area (Å²) >= 11 is 1.80. The number of hydrogen-bond acceptors (Lipinski definition) is 2. The molecule has 1 N–H and O–H groups in total. The molecule has 2 aromatic rings. The van der Waals surface area contributed by atoms with Gasteiger partial charge in [-0.3, -0.25) is 0 Å². The van der Waals surface area contributed by atoms with Crippen LogP contribution in [0.5, 0.6) is 0 Å². The molecular weight excluding hydrogens is 178 g/mol. The smallest absolute Gasteiger partial charge is 0.0342 e. The fourth-order valence-electron chi connectivity index (χ4n) is 1.40. The highest BCUT2D eigenvalue weighted by Crippen LogP contribution is 2.21. The van der Waals surface area contributed by atoms with E-state index in [-0.39, 0.29) is 0 Å². The zero-order chi connectivity index (χ0) is 9.10. The van der Waals surface area contributed by atoms with E-state index < -0.39 is 0 Å². The Labute approximate surface area is 82.4 Å². The lowest BCUT2D eigenvalue weighted by molar-refractivity contribution is 0.727. The van der Waals surface area contributed by atoms with Crippen LogP contribution >= 0.6 is 11.3 Å². The molecule has 0 fully saturated rings. The lowest BCUT2D eigenvalue weighted by Crippen LogP contribution is -2.11. The second kappa shape index (κ2) is 3.90. The highest BCUT2D eigenvalue weighted by molar-refractivity contribution is 7.17. The number of hydrogen-bond donors (Lipinski definition) is 1. The van der Waals surface area contributed by atoms with E-state index in [1.54, 1.807) is 11.3 Å². The molecule has 13 heavy (non-hydrogen) atoms. The topological polar surface area (TPSA) is 12.0 Å². The Kier molecular flexibility index (Phi) is 2.62. The van der Waals surface area contributed by atoms with E-state index >= 15 is 0 Å². The molecule has 2 heteroatoms. The van der Waals surface area contributed by atoms with Gasteiger partial charge in [-0.2, -0.15) is 0 Å². The van der Waals surface area contributed by atoms with Gasteiger partial charge < -0.3 is 5.32 Å². The van der Waals surface area contributed by atoms with Crippen LogP contribution in [0.25, 0.3) is 10.1 Å². The molecule has 0 amide bonds. The predicted octanol–water partition coefficient (Wildman–Crippen LogP) is 3.01. The molecule has 0 bridgehead atoms. The van der Waals surface area contributed by atoms with Crippen molar-refractivity contribution in [3.8, 4) is 0 Å². The van der Waals surface area contributed by atoms with Gasteiger partial charge in [-0.15, -0.1) is 11.3 Å². The molecule has 0 aliphatic heterocycles.